The van der Waals surface area contributed by atoms with Gasteiger partial charge in [0.25, 0.3) is 11.8 Å². The number of halogens is 1. The lowest BCUT2D eigenvalue weighted by Crippen LogP contribution is -2.60. The standard InChI is InChI=1S/C39H46FN11O3/c1-4-7-30(36(53)43-24-52)51-31-18-29(40)32(16-25(31)20-44-51)49-22-39(23-49)12-14-48(15-13-39)28-10-11-34(41-21-28)45-38-42-19-26-17-33(37(54)47(2)3)50(35(26)46-38)27-8-5-6-9-27/h10-11,16-21,24,27,30H,4-9,12-15,22-23H2,1-3H3,(H,43,52,53)(H,41,42,45,46). The minimum Gasteiger partial charge on any atom is -0.370 e. The predicted molar refractivity (Wildman–Crippen MR) is 205 cm³/mol. The first-order valence-corrected chi connectivity index (χ1v) is 18.9. The maximum absolute atomic E-state index is 15.6. The second-order valence-corrected chi connectivity index (χ2v) is 15.3. The molecule has 1 saturated carbocycles. The van der Waals surface area contributed by atoms with E-state index in [0.29, 0.717) is 47.9 Å². The van der Waals surface area contributed by atoms with E-state index in [1.807, 2.05) is 31.3 Å². The largest absolute Gasteiger partial charge is 0.370 e. The molecule has 0 radical (unpaired) electrons. The van der Waals surface area contributed by atoms with E-state index in [1.54, 1.807) is 31.4 Å². The van der Waals surface area contributed by atoms with E-state index in [0.717, 1.165) is 86.8 Å². The molecule has 3 aliphatic rings. The lowest BCUT2D eigenvalue weighted by atomic mass is 9.71. The zero-order chi connectivity index (χ0) is 37.6. The van der Waals surface area contributed by atoms with Crippen LogP contribution in [0.2, 0.25) is 0 Å². The number of nitrogens with zero attached hydrogens (tertiary/aromatic N) is 9. The minimum absolute atomic E-state index is 0.0381. The van der Waals surface area contributed by atoms with Gasteiger partial charge in [0.1, 0.15) is 29.0 Å². The third-order valence-electron chi connectivity index (χ3n) is 11.5. The summed E-state index contributed by atoms with van der Waals surface area (Å²) in [6, 6.07) is 8.72. The number of aromatic nitrogens is 6. The lowest BCUT2D eigenvalue weighted by molar-refractivity contribution is -0.128. The van der Waals surface area contributed by atoms with E-state index in [-0.39, 0.29) is 23.2 Å². The van der Waals surface area contributed by atoms with Crippen molar-refractivity contribution in [2.75, 3.05) is 55.4 Å². The number of hydrogen-bond donors (Lipinski definition) is 2. The van der Waals surface area contributed by atoms with E-state index in [1.165, 1.54) is 10.7 Å². The number of rotatable bonds is 11. The molecular formula is C39H46FN11O3. The molecule has 15 heteroatoms. The van der Waals surface area contributed by atoms with Crippen molar-refractivity contribution in [1.29, 1.82) is 0 Å². The number of amides is 3. The van der Waals surface area contributed by atoms with Crippen molar-refractivity contribution in [3.05, 3.63) is 60.4 Å². The molecule has 1 unspecified atom stereocenters. The molecule has 3 amide bonds. The van der Waals surface area contributed by atoms with Crippen LogP contribution in [0.25, 0.3) is 21.9 Å². The number of pyridine rings is 1. The van der Waals surface area contributed by atoms with Crippen molar-refractivity contribution in [2.45, 2.75) is 70.4 Å². The summed E-state index contributed by atoms with van der Waals surface area (Å²) in [5, 5.41) is 11.5. The second-order valence-electron chi connectivity index (χ2n) is 15.3. The molecule has 1 aliphatic carbocycles. The Hall–Kier alpha value is -5.60. The van der Waals surface area contributed by atoms with Crippen molar-refractivity contribution in [2.24, 2.45) is 5.41 Å². The summed E-state index contributed by atoms with van der Waals surface area (Å²) in [6.07, 6.45) is 13.2. The Bertz CT molecular complexity index is 2190. The normalized spacial score (nSPS) is 17.6. The molecule has 8 rings (SSSR count). The van der Waals surface area contributed by atoms with Crippen molar-refractivity contribution in [3.63, 3.8) is 0 Å². The number of carbonyl (C=O) groups is 3. The molecule has 2 N–H and O–H groups in total. The van der Waals surface area contributed by atoms with E-state index in [9.17, 15) is 14.4 Å². The van der Waals surface area contributed by atoms with Crippen LogP contribution in [-0.2, 0) is 9.59 Å². The van der Waals surface area contributed by atoms with Gasteiger partial charge in [-0.25, -0.2) is 14.4 Å². The Morgan fingerprint density at radius 1 is 1.02 bits per heavy atom. The van der Waals surface area contributed by atoms with Gasteiger partial charge < -0.3 is 24.6 Å². The Morgan fingerprint density at radius 3 is 2.48 bits per heavy atom. The molecule has 1 atom stereocenters. The van der Waals surface area contributed by atoms with Gasteiger partial charge in [0.05, 0.1) is 29.3 Å². The molecule has 5 aromatic rings. The van der Waals surface area contributed by atoms with Gasteiger partial charge in [-0.3, -0.25) is 24.4 Å². The first kappa shape index (κ1) is 35.4. The van der Waals surface area contributed by atoms with Gasteiger partial charge >= 0.3 is 0 Å². The van der Waals surface area contributed by atoms with Gasteiger partial charge in [0.2, 0.25) is 12.4 Å². The van der Waals surface area contributed by atoms with Crippen LogP contribution in [0.4, 0.5) is 27.5 Å². The number of anilines is 4. The molecule has 54 heavy (non-hydrogen) atoms. The third-order valence-corrected chi connectivity index (χ3v) is 11.5. The number of carbonyl (C=O) groups excluding carboxylic acids is 3. The average Bonchev–Trinajstić information content (AvgIpc) is 3.92. The van der Waals surface area contributed by atoms with Crippen LogP contribution in [0.5, 0.6) is 0 Å². The fourth-order valence-electron chi connectivity index (χ4n) is 8.58. The maximum atomic E-state index is 15.6. The number of nitrogens with one attached hydrogen (secondary N) is 2. The topological polar surface area (TPSA) is 146 Å². The van der Waals surface area contributed by atoms with Gasteiger partial charge in [-0.1, -0.05) is 26.2 Å². The average molecular weight is 736 g/mol. The highest BCUT2D eigenvalue weighted by atomic mass is 19.1. The summed E-state index contributed by atoms with van der Waals surface area (Å²) in [6.45, 7) is 5.26. The highest BCUT2D eigenvalue weighted by molar-refractivity contribution is 5.98. The molecule has 3 fully saturated rings. The molecule has 2 saturated heterocycles. The summed E-state index contributed by atoms with van der Waals surface area (Å²) in [7, 11) is 3.54. The lowest BCUT2D eigenvalue weighted by Gasteiger charge is -2.55. The van der Waals surface area contributed by atoms with Gasteiger partial charge in [0, 0.05) is 74.8 Å². The Labute approximate surface area is 312 Å². The van der Waals surface area contributed by atoms with Crippen LogP contribution in [0.1, 0.15) is 80.9 Å². The summed E-state index contributed by atoms with van der Waals surface area (Å²) in [5.41, 5.74) is 3.65. The van der Waals surface area contributed by atoms with Crippen LogP contribution >= 0.6 is 0 Å². The van der Waals surface area contributed by atoms with Gasteiger partial charge in [0.15, 0.2) is 0 Å². The zero-order valence-electron chi connectivity index (χ0n) is 31.0. The highest BCUT2D eigenvalue weighted by Gasteiger charge is 2.45. The van der Waals surface area contributed by atoms with Crippen LogP contribution in [0, 0.1) is 11.2 Å². The van der Waals surface area contributed by atoms with Crippen molar-refractivity contribution in [3.8, 4) is 0 Å². The molecule has 1 spiro atoms. The summed E-state index contributed by atoms with van der Waals surface area (Å²) in [5.74, 6) is 0.233. The van der Waals surface area contributed by atoms with Gasteiger partial charge in [-0.2, -0.15) is 10.1 Å². The maximum Gasteiger partial charge on any atom is 0.270 e. The quantitative estimate of drug-likeness (QED) is 0.165. The van der Waals surface area contributed by atoms with Crippen LogP contribution < -0.4 is 20.4 Å². The summed E-state index contributed by atoms with van der Waals surface area (Å²) >= 11 is 0. The van der Waals surface area contributed by atoms with Crippen LogP contribution in [0.3, 0.4) is 0 Å². The van der Waals surface area contributed by atoms with E-state index in [4.69, 9.17) is 4.98 Å². The minimum atomic E-state index is -0.692. The molecule has 14 nitrogen and oxygen atoms in total. The molecule has 6 heterocycles. The van der Waals surface area contributed by atoms with Gasteiger partial charge in [-0.05, 0) is 56.4 Å². The summed E-state index contributed by atoms with van der Waals surface area (Å²) in [4.78, 5) is 56.7. The van der Waals surface area contributed by atoms with E-state index >= 15 is 4.39 Å². The number of fused-ring (bicyclic) bond motifs is 2. The molecule has 1 aromatic carbocycles. The number of benzene rings is 1. The highest BCUT2D eigenvalue weighted by Crippen LogP contribution is 2.45. The van der Waals surface area contributed by atoms with Gasteiger partial charge in [-0.15, -0.1) is 0 Å². The Balaban J connectivity index is 0.899. The molecule has 2 aliphatic heterocycles. The fraction of sp³-hybridized carbons (Fsp3) is 0.462. The molecule has 282 valence electrons. The monoisotopic (exact) mass is 735 g/mol. The smallest absolute Gasteiger partial charge is 0.270 e. The second kappa shape index (κ2) is 14.3. The first-order chi connectivity index (χ1) is 26.2. The summed E-state index contributed by atoms with van der Waals surface area (Å²) < 4.78 is 19.2. The zero-order valence-corrected chi connectivity index (χ0v) is 31.0. The third kappa shape index (κ3) is 6.49. The Kier molecular flexibility index (Phi) is 9.40. The van der Waals surface area contributed by atoms with E-state index in [2.05, 4.69) is 46.1 Å². The van der Waals surface area contributed by atoms with Crippen molar-refractivity contribution < 1.29 is 18.8 Å². The first-order valence-electron chi connectivity index (χ1n) is 18.9. The Morgan fingerprint density at radius 2 is 1.80 bits per heavy atom. The number of imide groups is 1. The number of hydrogen-bond acceptors (Lipinski definition) is 10. The fourth-order valence-corrected chi connectivity index (χ4v) is 8.58. The molecule has 4 aromatic heterocycles. The molecule has 0 bridgehead atoms. The SMILES string of the molecule is CCCC(C(=O)NC=O)n1ncc2cc(N3CC4(CCN(c5ccc(Nc6ncc7cc(C(=O)N(C)C)n(C8CCCC8)c7n6)nc5)CC4)C3)c(F)cc21. The van der Waals surface area contributed by atoms with Crippen LogP contribution in [0.15, 0.2) is 48.9 Å². The predicted octanol–water partition coefficient (Wildman–Crippen LogP) is 5.60. The number of piperidine rings is 1. The van der Waals surface area contributed by atoms with Crippen molar-refractivity contribution >= 4 is 63.3 Å². The van der Waals surface area contributed by atoms with Crippen molar-refractivity contribution in [1.82, 2.24) is 39.5 Å². The van der Waals surface area contributed by atoms with E-state index < -0.39 is 11.9 Å². The van der Waals surface area contributed by atoms with Crippen LogP contribution in [-0.4, -0.2) is 92.7 Å². The molecular weight excluding hydrogens is 690 g/mol.